The third-order valence-corrected chi connectivity index (χ3v) is 3.42. The van der Waals surface area contributed by atoms with E-state index in [1.807, 2.05) is 20.8 Å². The normalized spacial score (nSPS) is 17.5. The molecule has 1 aromatic rings. The highest BCUT2D eigenvalue weighted by Gasteiger charge is 2.36. The molecule has 2 rings (SSSR count). The van der Waals surface area contributed by atoms with Crippen molar-refractivity contribution in [3.05, 3.63) is 33.9 Å². The zero-order valence-electron chi connectivity index (χ0n) is 10.8. The predicted molar refractivity (Wildman–Crippen MR) is 68.8 cm³/mol. The van der Waals surface area contributed by atoms with Gasteiger partial charge in [0, 0.05) is 36.2 Å². The Morgan fingerprint density at radius 2 is 2.11 bits per heavy atom. The smallest absolute Gasteiger partial charge is 0.269 e. The molecule has 0 spiro atoms. The first kappa shape index (κ1) is 12.5. The summed E-state index contributed by atoms with van der Waals surface area (Å²) in [4.78, 5) is 24.1. The average molecular weight is 248 g/mol. The minimum absolute atomic E-state index is 0.0730. The summed E-state index contributed by atoms with van der Waals surface area (Å²) >= 11 is 0. The lowest BCUT2D eigenvalue weighted by molar-refractivity contribution is -0.385. The van der Waals surface area contributed by atoms with Gasteiger partial charge in [-0.1, -0.05) is 13.8 Å². The van der Waals surface area contributed by atoms with Gasteiger partial charge in [0.2, 0.25) is 5.91 Å². The van der Waals surface area contributed by atoms with E-state index in [-0.39, 0.29) is 17.0 Å². The molecular weight excluding hydrogens is 232 g/mol. The third-order valence-electron chi connectivity index (χ3n) is 3.42. The molecule has 0 unspecified atom stereocenters. The van der Waals surface area contributed by atoms with E-state index in [1.54, 1.807) is 17.0 Å². The number of nitro benzene ring substituents is 1. The summed E-state index contributed by atoms with van der Waals surface area (Å²) < 4.78 is 0. The van der Waals surface area contributed by atoms with Crippen LogP contribution in [0, 0.1) is 10.1 Å². The average Bonchev–Trinajstić information content (AvgIpc) is 2.28. The first-order valence-corrected chi connectivity index (χ1v) is 5.96. The van der Waals surface area contributed by atoms with Crippen LogP contribution in [0.15, 0.2) is 18.2 Å². The van der Waals surface area contributed by atoms with Gasteiger partial charge in [-0.2, -0.15) is 0 Å². The molecule has 0 aromatic heterocycles. The second kappa shape index (κ2) is 4.08. The van der Waals surface area contributed by atoms with E-state index >= 15 is 0 Å². The molecule has 1 heterocycles. The number of hydrogen-bond acceptors (Lipinski definition) is 3. The molecule has 0 bridgehead atoms. The van der Waals surface area contributed by atoms with Crippen LogP contribution in [-0.2, 0) is 10.2 Å². The summed E-state index contributed by atoms with van der Waals surface area (Å²) in [7, 11) is 0. The molecule has 96 valence electrons. The van der Waals surface area contributed by atoms with Crippen LogP contribution in [0.4, 0.5) is 11.4 Å². The van der Waals surface area contributed by atoms with Crippen molar-refractivity contribution >= 4 is 17.3 Å². The number of anilines is 1. The molecule has 18 heavy (non-hydrogen) atoms. The van der Waals surface area contributed by atoms with E-state index in [1.165, 1.54) is 6.07 Å². The largest absolute Gasteiger partial charge is 0.312 e. The van der Waals surface area contributed by atoms with Crippen molar-refractivity contribution in [3.8, 4) is 0 Å². The van der Waals surface area contributed by atoms with Crippen molar-refractivity contribution in [2.45, 2.75) is 32.6 Å². The monoisotopic (exact) mass is 248 g/mol. The minimum atomic E-state index is -0.400. The second-order valence-electron chi connectivity index (χ2n) is 5.16. The van der Waals surface area contributed by atoms with E-state index in [2.05, 4.69) is 0 Å². The van der Waals surface area contributed by atoms with Gasteiger partial charge in [0.25, 0.3) is 5.69 Å². The fraction of sp³-hybridized carbons (Fsp3) is 0.462. The number of hydrogen-bond donors (Lipinski definition) is 0. The Kier molecular flexibility index (Phi) is 2.84. The number of amides is 1. The Hall–Kier alpha value is -1.91. The summed E-state index contributed by atoms with van der Waals surface area (Å²) in [5.41, 5.74) is 1.39. The molecule has 0 aliphatic carbocycles. The number of carbonyl (C=O) groups excluding carboxylic acids is 1. The first-order valence-electron chi connectivity index (χ1n) is 5.96. The van der Waals surface area contributed by atoms with Gasteiger partial charge < -0.3 is 4.90 Å². The maximum atomic E-state index is 12.0. The minimum Gasteiger partial charge on any atom is -0.312 e. The van der Waals surface area contributed by atoms with Gasteiger partial charge in [0.1, 0.15) is 0 Å². The highest BCUT2D eigenvalue weighted by Crippen LogP contribution is 2.41. The van der Waals surface area contributed by atoms with E-state index in [4.69, 9.17) is 0 Å². The van der Waals surface area contributed by atoms with Gasteiger partial charge in [-0.25, -0.2) is 0 Å². The molecule has 1 amide bonds. The molecule has 1 aliphatic heterocycles. The van der Waals surface area contributed by atoms with Gasteiger partial charge in [0.05, 0.1) is 4.92 Å². The molecule has 5 heteroatoms. The number of carbonyl (C=O) groups is 1. The van der Waals surface area contributed by atoms with Crippen LogP contribution in [0.3, 0.4) is 0 Å². The maximum absolute atomic E-state index is 12.0. The predicted octanol–water partition coefficient (Wildman–Crippen LogP) is 2.63. The van der Waals surface area contributed by atoms with Crippen LogP contribution < -0.4 is 4.90 Å². The summed E-state index contributed by atoms with van der Waals surface area (Å²) in [6.07, 6.45) is 0.384. The van der Waals surface area contributed by atoms with Crippen molar-refractivity contribution in [2.24, 2.45) is 0 Å². The van der Waals surface area contributed by atoms with Crippen LogP contribution in [0.25, 0.3) is 0 Å². The highest BCUT2D eigenvalue weighted by molar-refractivity contribution is 5.98. The second-order valence-corrected chi connectivity index (χ2v) is 5.16. The molecule has 0 atom stereocenters. The Morgan fingerprint density at radius 1 is 1.44 bits per heavy atom. The summed E-state index contributed by atoms with van der Waals surface area (Å²) in [5.74, 6) is 0.0730. The van der Waals surface area contributed by atoms with Crippen LogP contribution >= 0.6 is 0 Å². The Bertz CT molecular complexity index is 523. The summed E-state index contributed by atoms with van der Waals surface area (Å²) in [6, 6.07) is 4.72. The number of nitro groups is 1. The van der Waals surface area contributed by atoms with Crippen LogP contribution in [0.2, 0.25) is 0 Å². The standard InChI is InChI=1S/C13H16N2O3/c1-4-14-11-6-5-9(15(17)18)7-10(11)13(2,3)8-12(14)16/h5-7H,4,8H2,1-3H3. The van der Waals surface area contributed by atoms with Gasteiger partial charge >= 0.3 is 0 Å². The number of non-ortho nitro benzene ring substituents is 1. The van der Waals surface area contributed by atoms with Crippen molar-refractivity contribution in [3.63, 3.8) is 0 Å². The van der Waals surface area contributed by atoms with E-state index in [0.717, 1.165) is 11.3 Å². The molecule has 1 aliphatic rings. The van der Waals surface area contributed by atoms with Gasteiger partial charge in [0.15, 0.2) is 0 Å². The van der Waals surface area contributed by atoms with Gasteiger partial charge in [-0.3, -0.25) is 14.9 Å². The van der Waals surface area contributed by atoms with Crippen molar-refractivity contribution in [2.75, 3.05) is 11.4 Å². The highest BCUT2D eigenvalue weighted by atomic mass is 16.6. The summed E-state index contributed by atoms with van der Waals surface area (Å²) in [5, 5.41) is 10.8. The van der Waals surface area contributed by atoms with Gasteiger partial charge in [-0.15, -0.1) is 0 Å². The molecule has 0 N–H and O–H groups in total. The van der Waals surface area contributed by atoms with E-state index in [0.29, 0.717) is 13.0 Å². The maximum Gasteiger partial charge on any atom is 0.269 e. The van der Waals surface area contributed by atoms with E-state index in [9.17, 15) is 14.9 Å². The zero-order chi connectivity index (χ0) is 13.5. The lowest BCUT2D eigenvalue weighted by Gasteiger charge is -2.37. The molecule has 1 aromatic carbocycles. The molecule has 0 radical (unpaired) electrons. The van der Waals surface area contributed by atoms with Crippen molar-refractivity contribution in [1.82, 2.24) is 0 Å². The quantitative estimate of drug-likeness (QED) is 0.597. The van der Waals surface area contributed by atoms with Crippen molar-refractivity contribution < 1.29 is 9.72 Å². The SMILES string of the molecule is CCN1C(=O)CC(C)(C)c2cc([N+](=O)[O-])ccc21. The molecule has 5 nitrogen and oxygen atoms in total. The molecule has 0 saturated heterocycles. The number of fused-ring (bicyclic) bond motifs is 1. The molecule has 0 saturated carbocycles. The van der Waals surface area contributed by atoms with Gasteiger partial charge in [-0.05, 0) is 18.6 Å². The number of benzene rings is 1. The lowest BCUT2D eigenvalue weighted by atomic mass is 9.77. The lowest BCUT2D eigenvalue weighted by Crippen LogP contribution is -2.41. The zero-order valence-corrected chi connectivity index (χ0v) is 10.8. The first-order chi connectivity index (χ1) is 8.36. The Morgan fingerprint density at radius 3 is 2.67 bits per heavy atom. The molecule has 0 fully saturated rings. The number of nitrogens with zero attached hydrogens (tertiary/aromatic N) is 2. The third kappa shape index (κ3) is 1.85. The summed E-state index contributed by atoms with van der Waals surface area (Å²) in [6.45, 7) is 6.38. The topological polar surface area (TPSA) is 63.5 Å². The Balaban J connectivity index is 2.62. The Labute approximate surface area is 106 Å². The number of rotatable bonds is 2. The fourth-order valence-corrected chi connectivity index (χ4v) is 2.46. The van der Waals surface area contributed by atoms with Crippen molar-refractivity contribution in [1.29, 1.82) is 0 Å². The van der Waals surface area contributed by atoms with Crippen LogP contribution in [-0.4, -0.2) is 17.4 Å². The van der Waals surface area contributed by atoms with E-state index < -0.39 is 4.92 Å². The van der Waals surface area contributed by atoms with Crippen LogP contribution in [0.5, 0.6) is 0 Å². The fourth-order valence-electron chi connectivity index (χ4n) is 2.46. The van der Waals surface area contributed by atoms with Crippen LogP contribution in [0.1, 0.15) is 32.8 Å². The molecular formula is C13H16N2O3.